The molecule has 0 amide bonds. The van der Waals surface area contributed by atoms with E-state index < -0.39 is 4.92 Å². The molecule has 3 rings (SSSR count). The highest BCUT2D eigenvalue weighted by atomic mass is 16.6. The van der Waals surface area contributed by atoms with E-state index >= 15 is 0 Å². The Morgan fingerprint density at radius 3 is 3.05 bits per heavy atom. The van der Waals surface area contributed by atoms with Gasteiger partial charge >= 0.3 is 5.69 Å². The van der Waals surface area contributed by atoms with Crippen molar-refractivity contribution in [1.82, 2.24) is 14.9 Å². The molecule has 2 atom stereocenters. The minimum absolute atomic E-state index is 0.00576. The lowest BCUT2D eigenvalue weighted by atomic mass is 10.1. The molecule has 0 aromatic carbocycles. The molecule has 0 saturated carbocycles. The van der Waals surface area contributed by atoms with Gasteiger partial charge in [-0.25, -0.2) is 4.98 Å². The molecule has 1 aromatic heterocycles. The maximum atomic E-state index is 11.2. The van der Waals surface area contributed by atoms with Crippen molar-refractivity contribution in [3.63, 3.8) is 0 Å². The third kappa shape index (κ3) is 2.15. The SMILES string of the molecule is COc1ncnc(NC2CCN3CCCC23)c1[N+](=O)[O-]. The van der Waals surface area contributed by atoms with E-state index in [-0.39, 0.29) is 23.4 Å². The van der Waals surface area contributed by atoms with E-state index in [1.165, 1.54) is 19.9 Å². The second-order valence-electron chi connectivity index (χ2n) is 5.12. The van der Waals surface area contributed by atoms with Crippen molar-refractivity contribution in [1.29, 1.82) is 0 Å². The Hall–Kier alpha value is -1.96. The normalized spacial score (nSPS) is 25.4. The third-order valence-corrected chi connectivity index (χ3v) is 4.09. The summed E-state index contributed by atoms with van der Waals surface area (Å²) >= 11 is 0. The lowest BCUT2D eigenvalue weighted by Gasteiger charge is -2.21. The van der Waals surface area contributed by atoms with Gasteiger partial charge in [-0.2, -0.15) is 4.98 Å². The Morgan fingerprint density at radius 2 is 2.30 bits per heavy atom. The molecule has 2 aliphatic rings. The van der Waals surface area contributed by atoms with Crippen LogP contribution in [-0.2, 0) is 0 Å². The highest BCUT2D eigenvalue weighted by Gasteiger charge is 2.38. The first-order valence-corrected chi connectivity index (χ1v) is 6.74. The van der Waals surface area contributed by atoms with Crippen molar-refractivity contribution in [3.05, 3.63) is 16.4 Å². The third-order valence-electron chi connectivity index (χ3n) is 4.09. The number of hydrogen-bond donors (Lipinski definition) is 1. The second kappa shape index (κ2) is 5.20. The minimum atomic E-state index is -0.497. The van der Waals surface area contributed by atoms with Gasteiger partial charge in [-0.3, -0.25) is 15.0 Å². The molecule has 8 heteroatoms. The van der Waals surface area contributed by atoms with Gasteiger partial charge in [0.2, 0.25) is 5.82 Å². The number of nitrogens with one attached hydrogen (secondary N) is 1. The molecule has 0 radical (unpaired) electrons. The highest BCUT2D eigenvalue weighted by molar-refractivity contribution is 5.61. The molecule has 1 aromatic rings. The largest absolute Gasteiger partial charge is 0.476 e. The average Bonchev–Trinajstić information content (AvgIpc) is 3.03. The fourth-order valence-corrected chi connectivity index (χ4v) is 3.21. The predicted molar refractivity (Wildman–Crippen MR) is 71.9 cm³/mol. The molecule has 108 valence electrons. The van der Waals surface area contributed by atoms with E-state index in [2.05, 4.69) is 20.2 Å². The molecule has 3 heterocycles. The van der Waals surface area contributed by atoms with Gasteiger partial charge in [0, 0.05) is 18.6 Å². The van der Waals surface area contributed by atoms with Gasteiger partial charge in [0.25, 0.3) is 5.88 Å². The quantitative estimate of drug-likeness (QED) is 0.650. The lowest BCUT2D eigenvalue weighted by molar-refractivity contribution is -0.385. The topological polar surface area (TPSA) is 93.4 Å². The molecule has 2 saturated heterocycles. The summed E-state index contributed by atoms with van der Waals surface area (Å²) in [6.45, 7) is 2.16. The van der Waals surface area contributed by atoms with Crippen molar-refractivity contribution < 1.29 is 9.66 Å². The Bertz CT molecular complexity index is 524. The first-order chi connectivity index (χ1) is 9.70. The van der Waals surface area contributed by atoms with Gasteiger partial charge in [0.05, 0.1) is 12.0 Å². The van der Waals surface area contributed by atoms with Crippen molar-refractivity contribution in [2.45, 2.75) is 31.3 Å². The van der Waals surface area contributed by atoms with Crippen LogP contribution in [0.3, 0.4) is 0 Å². The van der Waals surface area contributed by atoms with Crippen LogP contribution in [-0.4, -0.2) is 52.1 Å². The van der Waals surface area contributed by atoms with Crippen LogP contribution in [0, 0.1) is 10.1 Å². The number of fused-ring (bicyclic) bond motifs is 1. The van der Waals surface area contributed by atoms with E-state index in [0.717, 1.165) is 25.9 Å². The molecule has 2 unspecified atom stereocenters. The van der Waals surface area contributed by atoms with Gasteiger partial charge in [-0.1, -0.05) is 0 Å². The van der Waals surface area contributed by atoms with Crippen LogP contribution in [0.1, 0.15) is 19.3 Å². The van der Waals surface area contributed by atoms with Gasteiger partial charge in [0.1, 0.15) is 6.33 Å². The summed E-state index contributed by atoms with van der Waals surface area (Å²) in [5, 5.41) is 14.4. The van der Waals surface area contributed by atoms with E-state index in [1.807, 2.05) is 0 Å². The number of anilines is 1. The van der Waals surface area contributed by atoms with Crippen LogP contribution in [0.5, 0.6) is 5.88 Å². The number of hydrogen-bond acceptors (Lipinski definition) is 7. The summed E-state index contributed by atoms with van der Waals surface area (Å²) in [7, 11) is 1.37. The Labute approximate surface area is 116 Å². The van der Waals surface area contributed by atoms with Crippen molar-refractivity contribution in [2.24, 2.45) is 0 Å². The van der Waals surface area contributed by atoms with Gasteiger partial charge in [0.15, 0.2) is 0 Å². The van der Waals surface area contributed by atoms with Crippen LogP contribution in [0.15, 0.2) is 6.33 Å². The summed E-state index contributed by atoms with van der Waals surface area (Å²) in [6, 6.07) is 0.659. The summed E-state index contributed by atoms with van der Waals surface area (Å²) in [5.74, 6) is 0.245. The smallest absolute Gasteiger partial charge is 0.372 e. The molecule has 2 aliphatic heterocycles. The maximum Gasteiger partial charge on any atom is 0.372 e. The standard InChI is InChI=1S/C12H17N5O3/c1-20-12-10(17(18)19)11(13-7-14-12)15-8-4-6-16-5-2-3-9(8)16/h7-9H,2-6H2,1H3,(H,13,14,15). The molecule has 0 spiro atoms. The number of aromatic nitrogens is 2. The molecule has 1 N–H and O–H groups in total. The Kier molecular flexibility index (Phi) is 3.39. The van der Waals surface area contributed by atoms with Gasteiger partial charge < -0.3 is 10.1 Å². The van der Waals surface area contributed by atoms with E-state index in [1.54, 1.807) is 0 Å². The zero-order valence-corrected chi connectivity index (χ0v) is 11.3. The first-order valence-electron chi connectivity index (χ1n) is 6.74. The highest BCUT2D eigenvalue weighted by Crippen LogP contribution is 2.34. The molecule has 8 nitrogen and oxygen atoms in total. The Morgan fingerprint density at radius 1 is 1.45 bits per heavy atom. The molecule has 20 heavy (non-hydrogen) atoms. The molecular weight excluding hydrogens is 262 g/mol. The lowest BCUT2D eigenvalue weighted by Crippen LogP contribution is -2.34. The second-order valence-corrected chi connectivity index (χ2v) is 5.12. The van der Waals surface area contributed by atoms with Crippen LogP contribution in [0.4, 0.5) is 11.5 Å². The zero-order chi connectivity index (χ0) is 14.1. The van der Waals surface area contributed by atoms with Crippen LogP contribution in [0.2, 0.25) is 0 Å². The molecule has 0 bridgehead atoms. The van der Waals surface area contributed by atoms with Gasteiger partial charge in [-0.15, -0.1) is 0 Å². The summed E-state index contributed by atoms with van der Waals surface area (Å²) in [5.41, 5.74) is -0.188. The van der Waals surface area contributed by atoms with E-state index in [9.17, 15) is 10.1 Å². The van der Waals surface area contributed by atoms with E-state index in [4.69, 9.17) is 4.74 Å². The summed E-state index contributed by atoms with van der Waals surface area (Å²) in [4.78, 5) is 21.0. The zero-order valence-electron chi connectivity index (χ0n) is 11.3. The number of methoxy groups -OCH3 is 1. The van der Waals surface area contributed by atoms with Crippen molar-refractivity contribution >= 4 is 11.5 Å². The molecule has 0 aliphatic carbocycles. The summed E-state index contributed by atoms with van der Waals surface area (Å²) < 4.78 is 4.96. The van der Waals surface area contributed by atoms with Crippen LogP contribution in [0.25, 0.3) is 0 Å². The monoisotopic (exact) mass is 279 g/mol. The number of nitrogens with zero attached hydrogens (tertiary/aromatic N) is 4. The predicted octanol–water partition coefficient (Wildman–Crippen LogP) is 1.04. The van der Waals surface area contributed by atoms with E-state index in [0.29, 0.717) is 6.04 Å². The van der Waals surface area contributed by atoms with Crippen LogP contribution < -0.4 is 10.1 Å². The minimum Gasteiger partial charge on any atom is -0.476 e. The molecular formula is C12H17N5O3. The summed E-state index contributed by atoms with van der Waals surface area (Å²) in [6.07, 6.45) is 4.59. The van der Waals surface area contributed by atoms with Crippen molar-refractivity contribution in [3.8, 4) is 5.88 Å². The average molecular weight is 279 g/mol. The number of rotatable bonds is 4. The number of nitro groups is 1. The molecule has 2 fully saturated rings. The number of ether oxygens (including phenoxy) is 1. The maximum absolute atomic E-state index is 11.2. The fourth-order valence-electron chi connectivity index (χ4n) is 3.21. The van der Waals surface area contributed by atoms with Gasteiger partial charge in [-0.05, 0) is 25.8 Å². The fraction of sp³-hybridized carbons (Fsp3) is 0.667. The first kappa shape index (κ1) is 13.0. The van der Waals surface area contributed by atoms with Crippen LogP contribution >= 0.6 is 0 Å². The Balaban J connectivity index is 1.85. The van der Waals surface area contributed by atoms with Crippen molar-refractivity contribution in [2.75, 3.05) is 25.5 Å².